The van der Waals surface area contributed by atoms with Crippen LogP contribution in [0.1, 0.15) is 6.92 Å². The number of ether oxygens (including phenoxy) is 2. The van der Waals surface area contributed by atoms with Gasteiger partial charge >= 0.3 is 5.97 Å². The molecular formula is C7H10O4. The Kier molecular flexibility index (Phi) is 2.26. The van der Waals surface area contributed by atoms with Crippen molar-refractivity contribution in [2.75, 3.05) is 6.61 Å². The molecule has 0 spiro atoms. The Hall–Kier alpha value is -0.870. The highest BCUT2D eigenvalue weighted by Crippen LogP contribution is 2.23. The summed E-state index contributed by atoms with van der Waals surface area (Å²) in [6, 6.07) is 0. The molecule has 0 aliphatic carbocycles. The summed E-state index contributed by atoms with van der Waals surface area (Å²) < 4.78 is 9.46. The maximum absolute atomic E-state index is 10.8. The normalized spacial score (nSPS) is 27.8. The molecule has 0 radical (unpaired) electrons. The first-order valence-corrected chi connectivity index (χ1v) is 3.28. The topological polar surface area (TPSA) is 59.1 Å². The van der Waals surface area contributed by atoms with E-state index >= 15 is 0 Å². The van der Waals surface area contributed by atoms with Gasteiger partial charge in [-0.05, 0) is 6.92 Å². The number of hydrogen-bond acceptors (Lipinski definition) is 4. The minimum atomic E-state index is -0.566. The molecule has 2 atom stereocenters. The van der Waals surface area contributed by atoms with Crippen LogP contribution in [0.5, 0.6) is 0 Å². The Morgan fingerprint density at radius 3 is 2.82 bits per heavy atom. The van der Waals surface area contributed by atoms with Gasteiger partial charge in [0.1, 0.15) is 6.10 Å². The van der Waals surface area contributed by atoms with Gasteiger partial charge in [-0.1, -0.05) is 6.58 Å². The van der Waals surface area contributed by atoms with Crippen molar-refractivity contribution in [3.63, 3.8) is 0 Å². The Balaban J connectivity index is 2.23. The fourth-order valence-electron chi connectivity index (χ4n) is 0.566. The first-order valence-electron chi connectivity index (χ1n) is 3.28. The summed E-state index contributed by atoms with van der Waals surface area (Å²) in [6.07, 6.45) is -0.900. The zero-order chi connectivity index (χ0) is 8.43. The fraction of sp³-hybridized carbons (Fsp3) is 0.571. The van der Waals surface area contributed by atoms with Crippen LogP contribution in [-0.2, 0) is 14.3 Å². The second kappa shape index (κ2) is 3.02. The average Bonchev–Trinajstić information content (AvgIpc) is 2.67. The van der Waals surface area contributed by atoms with Gasteiger partial charge in [0.2, 0.25) is 6.29 Å². The highest BCUT2D eigenvalue weighted by Gasteiger charge is 2.42. The van der Waals surface area contributed by atoms with Crippen molar-refractivity contribution in [1.29, 1.82) is 0 Å². The van der Waals surface area contributed by atoms with Gasteiger partial charge in [0.15, 0.2) is 0 Å². The van der Waals surface area contributed by atoms with Crippen LogP contribution in [0.15, 0.2) is 12.2 Å². The lowest BCUT2D eigenvalue weighted by Crippen LogP contribution is -2.10. The second-order valence-electron chi connectivity index (χ2n) is 2.41. The average molecular weight is 158 g/mol. The molecule has 2 unspecified atom stereocenters. The molecule has 4 heteroatoms. The van der Waals surface area contributed by atoms with E-state index in [1.165, 1.54) is 0 Å². The lowest BCUT2D eigenvalue weighted by molar-refractivity contribution is -0.143. The number of aliphatic hydroxyl groups excluding tert-OH is 1. The van der Waals surface area contributed by atoms with Gasteiger partial charge in [-0.2, -0.15) is 0 Å². The fourth-order valence-corrected chi connectivity index (χ4v) is 0.566. The SMILES string of the molecule is C=C(C)C(=O)OC1OC1CO. The van der Waals surface area contributed by atoms with Crippen LogP contribution < -0.4 is 0 Å². The molecule has 0 saturated carbocycles. The van der Waals surface area contributed by atoms with Gasteiger partial charge in [0, 0.05) is 5.57 Å². The van der Waals surface area contributed by atoms with Crippen molar-refractivity contribution in [1.82, 2.24) is 0 Å². The van der Waals surface area contributed by atoms with E-state index in [2.05, 4.69) is 6.58 Å². The van der Waals surface area contributed by atoms with E-state index in [1.54, 1.807) is 6.92 Å². The third kappa shape index (κ3) is 2.03. The number of aliphatic hydroxyl groups is 1. The summed E-state index contributed by atoms with van der Waals surface area (Å²) in [6.45, 7) is 4.83. The molecule has 0 bridgehead atoms. The summed E-state index contributed by atoms with van der Waals surface area (Å²) in [5.41, 5.74) is 0.331. The first kappa shape index (κ1) is 8.23. The van der Waals surface area contributed by atoms with Crippen molar-refractivity contribution < 1.29 is 19.4 Å². The van der Waals surface area contributed by atoms with Gasteiger partial charge in [-0.3, -0.25) is 0 Å². The number of epoxide rings is 1. The Morgan fingerprint density at radius 1 is 1.82 bits per heavy atom. The molecule has 1 heterocycles. The smallest absolute Gasteiger partial charge is 0.335 e. The number of rotatable bonds is 3. The first-order chi connectivity index (χ1) is 5.15. The molecular weight excluding hydrogens is 148 g/mol. The minimum absolute atomic E-state index is 0.117. The van der Waals surface area contributed by atoms with Crippen LogP contribution >= 0.6 is 0 Å². The number of carbonyl (C=O) groups is 1. The lowest BCUT2D eigenvalue weighted by atomic mass is 10.4. The van der Waals surface area contributed by atoms with Gasteiger partial charge < -0.3 is 14.6 Å². The van der Waals surface area contributed by atoms with Crippen LogP contribution in [0.2, 0.25) is 0 Å². The summed E-state index contributed by atoms with van der Waals surface area (Å²) in [7, 11) is 0. The highest BCUT2D eigenvalue weighted by atomic mass is 16.8. The molecule has 1 aliphatic rings. The number of hydrogen-bond donors (Lipinski definition) is 1. The molecule has 4 nitrogen and oxygen atoms in total. The summed E-state index contributed by atoms with van der Waals surface area (Å²) in [4.78, 5) is 10.8. The standard InChI is InChI=1S/C7H10O4/c1-4(2)6(9)11-7-5(3-8)10-7/h5,7-8H,1,3H2,2H3. The van der Waals surface area contributed by atoms with Crippen molar-refractivity contribution in [2.45, 2.75) is 19.3 Å². The molecule has 1 fully saturated rings. The van der Waals surface area contributed by atoms with E-state index in [0.717, 1.165) is 0 Å². The van der Waals surface area contributed by atoms with Gasteiger partial charge in [0.05, 0.1) is 6.61 Å². The van der Waals surface area contributed by atoms with Crippen LogP contribution in [-0.4, -0.2) is 30.1 Å². The zero-order valence-electron chi connectivity index (χ0n) is 6.24. The summed E-state index contributed by atoms with van der Waals surface area (Å²) in [5, 5.41) is 8.49. The molecule has 1 N–H and O–H groups in total. The Morgan fingerprint density at radius 2 is 2.45 bits per heavy atom. The molecule has 1 saturated heterocycles. The highest BCUT2D eigenvalue weighted by molar-refractivity contribution is 5.87. The number of carbonyl (C=O) groups excluding carboxylic acids is 1. The van der Waals surface area contributed by atoms with Gasteiger partial charge in [-0.15, -0.1) is 0 Å². The maximum Gasteiger partial charge on any atom is 0.335 e. The monoisotopic (exact) mass is 158 g/mol. The molecule has 0 amide bonds. The van der Waals surface area contributed by atoms with E-state index in [9.17, 15) is 4.79 Å². The van der Waals surface area contributed by atoms with E-state index in [0.29, 0.717) is 5.57 Å². The van der Waals surface area contributed by atoms with E-state index in [-0.39, 0.29) is 12.7 Å². The predicted molar refractivity (Wildman–Crippen MR) is 36.7 cm³/mol. The molecule has 0 aromatic rings. The van der Waals surface area contributed by atoms with Gasteiger partial charge in [-0.25, -0.2) is 4.79 Å². The molecule has 11 heavy (non-hydrogen) atoms. The molecule has 62 valence electrons. The Bertz CT molecular complexity index is 187. The molecule has 0 aromatic heterocycles. The van der Waals surface area contributed by atoms with E-state index in [1.807, 2.05) is 0 Å². The van der Waals surface area contributed by atoms with Crippen LogP contribution in [0.25, 0.3) is 0 Å². The lowest BCUT2D eigenvalue weighted by Gasteiger charge is -1.97. The van der Waals surface area contributed by atoms with Crippen LogP contribution in [0.4, 0.5) is 0 Å². The Labute approximate surface area is 64.4 Å². The molecule has 1 rings (SSSR count). The molecule has 0 aromatic carbocycles. The van der Waals surface area contributed by atoms with Crippen molar-refractivity contribution in [2.24, 2.45) is 0 Å². The van der Waals surface area contributed by atoms with E-state index in [4.69, 9.17) is 14.6 Å². The number of esters is 1. The maximum atomic E-state index is 10.8. The summed E-state index contributed by atoms with van der Waals surface area (Å²) in [5.74, 6) is -0.481. The van der Waals surface area contributed by atoms with Crippen molar-refractivity contribution in [3.05, 3.63) is 12.2 Å². The van der Waals surface area contributed by atoms with Crippen LogP contribution in [0, 0.1) is 0 Å². The van der Waals surface area contributed by atoms with Crippen LogP contribution in [0.3, 0.4) is 0 Å². The molecule has 1 aliphatic heterocycles. The third-order valence-corrected chi connectivity index (χ3v) is 1.29. The third-order valence-electron chi connectivity index (χ3n) is 1.29. The minimum Gasteiger partial charge on any atom is -0.429 e. The zero-order valence-corrected chi connectivity index (χ0v) is 6.24. The van der Waals surface area contributed by atoms with E-state index < -0.39 is 12.3 Å². The largest absolute Gasteiger partial charge is 0.429 e. The quantitative estimate of drug-likeness (QED) is 0.351. The predicted octanol–water partition coefficient (Wildman–Crippen LogP) is -0.177. The van der Waals surface area contributed by atoms with Crippen molar-refractivity contribution in [3.8, 4) is 0 Å². The van der Waals surface area contributed by atoms with Gasteiger partial charge in [0.25, 0.3) is 0 Å². The van der Waals surface area contributed by atoms with Crippen molar-refractivity contribution >= 4 is 5.97 Å². The summed E-state index contributed by atoms with van der Waals surface area (Å²) >= 11 is 0. The second-order valence-corrected chi connectivity index (χ2v) is 2.41.